The Labute approximate surface area is 257 Å². The number of benzene rings is 2. The monoisotopic (exact) mass is 602 g/mol. The molecule has 3 aliphatic rings. The smallest absolute Gasteiger partial charge is 0.318 e. The van der Waals surface area contributed by atoms with E-state index in [4.69, 9.17) is 0 Å². The molecular weight excluding hydrogens is 563 g/mol. The molecule has 2 aromatic rings. The first-order chi connectivity index (χ1) is 20.8. The summed E-state index contributed by atoms with van der Waals surface area (Å²) in [7, 11) is 1.56. The second kappa shape index (κ2) is 11.9. The van der Waals surface area contributed by atoms with Gasteiger partial charge in [-0.05, 0) is 47.6 Å². The molecule has 11 heteroatoms. The minimum atomic E-state index is -1.06. The lowest BCUT2D eigenvalue weighted by atomic mass is 9.80. The van der Waals surface area contributed by atoms with Crippen molar-refractivity contribution in [3.63, 3.8) is 0 Å². The molecule has 4 atom stereocenters. The summed E-state index contributed by atoms with van der Waals surface area (Å²) >= 11 is 0. The fourth-order valence-electron chi connectivity index (χ4n) is 6.66. The van der Waals surface area contributed by atoms with Gasteiger partial charge in [0.25, 0.3) is 0 Å². The van der Waals surface area contributed by atoms with Crippen LogP contribution < -0.4 is 10.6 Å². The van der Waals surface area contributed by atoms with Gasteiger partial charge in [0.2, 0.25) is 17.7 Å². The van der Waals surface area contributed by atoms with E-state index < -0.39 is 41.2 Å². The van der Waals surface area contributed by atoms with Crippen LogP contribution in [-0.2, 0) is 26.2 Å². The van der Waals surface area contributed by atoms with Gasteiger partial charge in [-0.3, -0.25) is 14.4 Å². The summed E-state index contributed by atoms with van der Waals surface area (Å²) in [5, 5.41) is 15.9. The number of carbonyl (C=O) groups is 4. The Morgan fingerprint density at radius 3 is 2.52 bits per heavy atom. The SMILES string of the molecule is CN(C(=O)C(Cc1ccc(F)cc1)N1CCCNC1=O)[C@@H](CC(C)(C)C)C(=O)N1C[C@]2(C[C@H]1C#N)C(=O)Nc1ccccc12. The van der Waals surface area contributed by atoms with Crippen molar-refractivity contribution in [2.45, 2.75) is 70.0 Å². The molecule has 0 radical (unpaired) electrons. The van der Waals surface area contributed by atoms with Crippen LogP contribution in [-0.4, -0.2) is 83.3 Å². The van der Waals surface area contributed by atoms with E-state index in [-0.39, 0.29) is 43.2 Å². The predicted molar refractivity (Wildman–Crippen MR) is 162 cm³/mol. The van der Waals surface area contributed by atoms with Crippen LogP contribution in [0.3, 0.4) is 0 Å². The Hall–Kier alpha value is -4.46. The van der Waals surface area contributed by atoms with E-state index in [9.17, 15) is 28.8 Å². The zero-order valence-corrected chi connectivity index (χ0v) is 25.6. The predicted octanol–water partition coefficient (Wildman–Crippen LogP) is 3.43. The van der Waals surface area contributed by atoms with Crippen LogP contribution >= 0.6 is 0 Å². The number of para-hydroxylation sites is 1. The average Bonchev–Trinajstić information content (AvgIpc) is 3.52. The summed E-state index contributed by atoms with van der Waals surface area (Å²) in [5.74, 6) is -1.50. The van der Waals surface area contributed by atoms with E-state index in [2.05, 4.69) is 16.7 Å². The number of nitrogens with one attached hydrogen (secondary N) is 2. The largest absolute Gasteiger partial charge is 0.338 e. The third-order valence-corrected chi connectivity index (χ3v) is 8.94. The summed E-state index contributed by atoms with van der Waals surface area (Å²) in [6, 6.07) is 12.2. The van der Waals surface area contributed by atoms with Gasteiger partial charge in [-0.2, -0.15) is 5.26 Å². The lowest BCUT2D eigenvalue weighted by Gasteiger charge is -2.40. The number of rotatable bonds is 7. The number of hydrogen-bond acceptors (Lipinski definition) is 5. The zero-order chi connectivity index (χ0) is 31.8. The van der Waals surface area contributed by atoms with Gasteiger partial charge in [0.1, 0.15) is 23.9 Å². The summed E-state index contributed by atoms with van der Waals surface area (Å²) in [6.07, 6.45) is 1.22. The number of nitriles is 1. The maximum Gasteiger partial charge on any atom is 0.318 e. The number of likely N-dealkylation sites (N-methyl/N-ethyl adjacent to an activating group) is 1. The highest BCUT2D eigenvalue weighted by Gasteiger charge is 2.57. The lowest BCUT2D eigenvalue weighted by Crippen LogP contribution is -2.60. The van der Waals surface area contributed by atoms with Gasteiger partial charge in [0.05, 0.1) is 11.5 Å². The van der Waals surface area contributed by atoms with Crippen LogP contribution in [0.25, 0.3) is 0 Å². The quantitative estimate of drug-likeness (QED) is 0.503. The number of nitrogens with zero attached hydrogens (tertiary/aromatic N) is 4. The maximum absolute atomic E-state index is 14.5. The maximum atomic E-state index is 14.5. The molecule has 5 amide bonds. The molecule has 3 aliphatic heterocycles. The lowest BCUT2D eigenvalue weighted by molar-refractivity contribution is -0.148. The molecule has 0 aliphatic carbocycles. The molecule has 0 saturated carbocycles. The molecule has 2 fully saturated rings. The van der Waals surface area contributed by atoms with Gasteiger partial charge < -0.3 is 25.3 Å². The van der Waals surface area contributed by atoms with Gasteiger partial charge >= 0.3 is 6.03 Å². The third kappa shape index (κ3) is 5.85. The molecule has 10 nitrogen and oxygen atoms in total. The highest BCUT2D eigenvalue weighted by atomic mass is 19.1. The summed E-state index contributed by atoms with van der Waals surface area (Å²) in [4.78, 5) is 59.4. The number of fused-ring (bicyclic) bond motifs is 2. The molecule has 1 spiro atoms. The first-order valence-electron chi connectivity index (χ1n) is 15.0. The second-order valence-electron chi connectivity index (χ2n) is 13.3. The van der Waals surface area contributed by atoms with E-state index in [1.165, 1.54) is 26.8 Å². The number of halogens is 1. The van der Waals surface area contributed by atoms with Crippen molar-refractivity contribution in [2.75, 3.05) is 32.0 Å². The van der Waals surface area contributed by atoms with Crippen molar-refractivity contribution in [1.29, 1.82) is 5.26 Å². The molecule has 2 saturated heterocycles. The van der Waals surface area contributed by atoms with E-state index in [0.29, 0.717) is 30.8 Å². The fraction of sp³-hybridized carbons (Fsp3) is 0.485. The van der Waals surface area contributed by atoms with Gasteiger partial charge in [0.15, 0.2) is 0 Å². The van der Waals surface area contributed by atoms with Crippen LogP contribution in [0.5, 0.6) is 0 Å². The normalized spacial score (nSPS) is 22.6. The average molecular weight is 603 g/mol. The van der Waals surface area contributed by atoms with Crippen molar-refractivity contribution in [2.24, 2.45) is 5.41 Å². The van der Waals surface area contributed by atoms with Crippen molar-refractivity contribution in [1.82, 2.24) is 20.0 Å². The molecule has 44 heavy (non-hydrogen) atoms. The first kappa shape index (κ1) is 31.0. The minimum Gasteiger partial charge on any atom is -0.338 e. The number of carbonyl (C=O) groups excluding carboxylic acids is 4. The van der Waals surface area contributed by atoms with Crippen LogP contribution in [0.1, 0.15) is 51.2 Å². The van der Waals surface area contributed by atoms with Crippen LogP contribution in [0.15, 0.2) is 48.5 Å². The first-order valence-corrected chi connectivity index (χ1v) is 15.0. The molecule has 2 N–H and O–H groups in total. The Morgan fingerprint density at radius 2 is 1.86 bits per heavy atom. The van der Waals surface area contributed by atoms with Gasteiger partial charge in [0, 0.05) is 45.2 Å². The second-order valence-corrected chi connectivity index (χ2v) is 13.3. The third-order valence-electron chi connectivity index (χ3n) is 8.94. The van der Waals surface area contributed by atoms with Crippen molar-refractivity contribution >= 4 is 29.4 Å². The molecule has 0 bridgehead atoms. The number of amides is 5. The topological polar surface area (TPSA) is 126 Å². The van der Waals surface area contributed by atoms with Crippen LogP contribution in [0.2, 0.25) is 0 Å². The minimum absolute atomic E-state index is 0.0170. The van der Waals surface area contributed by atoms with Crippen LogP contribution in [0, 0.1) is 22.6 Å². The molecule has 2 aromatic carbocycles. The van der Waals surface area contributed by atoms with Crippen molar-refractivity contribution in [3.8, 4) is 6.07 Å². The number of likely N-dealkylation sites (tertiary alicyclic amines) is 1. The van der Waals surface area contributed by atoms with Crippen molar-refractivity contribution < 1.29 is 23.6 Å². The molecule has 232 valence electrons. The Kier molecular flexibility index (Phi) is 8.38. The summed E-state index contributed by atoms with van der Waals surface area (Å²) < 4.78 is 13.7. The van der Waals surface area contributed by atoms with E-state index in [0.717, 1.165) is 5.56 Å². The Morgan fingerprint density at radius 1 is 1.16 bits per heavy atom. The molecule has 0 aromatic heterocycles. The standard InChI is InChI=1S/C33H39FN6O4/c1-32(2,3)18-27(29(42)40-20-33(17-23(40)19-35)24-8-5-6-9-25(24)37-30(33)43)38(4)28(41)26(39-15-7-14-36-31(39)44)16-21-10-12-22(34)13-11-21/h5-6,8-13,23,26-27H,7,14-18,20H2,1-4H3,(H,36,44)(H,37,43)/t23-,26?,27-,33-/m0/s1. The van der Waals surface area contributed by atoms with Gasteiger partial charge in [-0.15, -0.1) is 0 Å². The van der Waals surface area contributed by atoms with Crippen LogP contribution in [0.4, 0.5) is 14.9 Å². The highest BCUT2D eigenvalue weighted by Crippen LogP contribution is 2.46. The Bertz CT molecular complexity index is 1500. The van der Waals surface area contributed by atoms with Crippen molar-refractivity contribution in [3.05, 3.63) is 65.5 Å². The fourth-order valence-corrected chi connectivity index (χ4v) is 6.66. The molecule has 5 rings (SSSR count). The van der Waals surface area contributed by atoms with E-state index >= 15 is 0 Å². The van der Waals surface area contributed by atoms with E-state index in [1.54, 1.807) is 25.2 Å². The van der Waals surface area contributed by atoms with Gasteiger partial charge in [-0.1, -0.05) is 51.1 Å². The summed E-state index contributed by atoms with van der Waals surface area (Å²) in [5.41, 5.74) is 0.657. The summed E-state index contributed by atoms with van der Waals surface area (Å²) in [6.45, 7) is 6.77. The molecule has 1 unspecified atom stereocenters. The van der Waals surface area contributed by atoms with Gasteiger partial charge in [-0.25, -0.2) is 9.18 Å². The number of hydrogen-bond donors (Lipinski definition) is 2. The number of urea groups is 1. The molecular formula is C33H39FN6O4. The van der Waals surface area contributed by atoms with E-state index in [1.807, 2.05) is 39.0 Å². The number of anilines is 1. The Balaban J connectivity index is 1.47. The molecule has 3 heterocycles. The highest BCUT2D eigenvalue weighted by molar-refractivity contribution is 6.07. The zero-order valence-electron chi connectivity index (χ0n) is 25.6.